The molecule has 1 fully saturated rings. The molecule has 118 valence electrons. The van der Waals surface area contributed by atoms with Crippen LogP contribution in [0.1, 0.15) is 18.4 Å². The number of nitrogens with zero attached hydrogens (tertiary/aromatic N) is 1. The summed E-state index contributed by atoms with van der Waals surface area (Å²) >= 11 is 3.64. The maximum Gasteiger partial charge on any atom is 0.119 e. The predicted molar refractivity (Wildman–Crippen MR) is 88.9 cm³/mol. The fraction of sp³-hybridized carbons (Fsp3) is 0.625. The first kappa shape index (κ1) is 16.7. The van der Waals surface area contributed by atoms with Gasteiger partial charge in [-0.3, -0.25) is 4.90 Å². The monoisotopic (exact) mass is 356 g/mol. The van der Waals surface area contributed by atoms with Gasteiger partial charge in [0, 0.05) is 37.3 Å². The van der Waals surface area contributed by atoms with Crippen molar-refractivity contribution < 1.29 is 9.47 Å². The number of benzene rings is 1. The zero-order chi connectivity index (χ0) is 15.1. The Balaban J connectivity index is 2.02. The highest BCUT2D eigenvalue weighted by Crippen LogP contribution is 2.24. The Morgan fingerprint density at radius 1 is 1.38 bits per heavy atom. The standard InChI is InChI=1S/C16H25BrN2O2/c1-20-9-8-19(12-14-4-3-7-18-14)11-13-10-15(21-2)5-6-16(13)17/h5-6,10,14,18H,3-4,7-9,11-12H2,1-2H3. The van der Waals surface area contributed by atoms with Crippen LogP contribution in [0.2, 0.25) is 0 Å². The summed E-state index contributed by atoms with van der Waals surface area (Å²) < 4.78 is 11.7. The molecule has 0 spiro atoms. The highest BCUT2D eigenvalue weighted by Gasteiger charge is 2.18. The smallest absolute Gasteiger partial charge is 0.119 e. The number of nitrogens with one attached hydrogen (secondary N) is 1. The van der Waals surface area contributed by atoms with Gasteiger partial charge in [-0.1, -0.05) is 15.9 Å². The van der Waals surface area contributed by atoms with Crippen molar-refractivity contribution in [3.63, 3.8) is 0 Å². The Labute approximate surface area is 135 Å². The van der Waals surface area contributed by atoms with Gasteiger partial charge in [0.25, 0.3) is 0 Å². The third kappa shape index (κ3) is 5.25. The van der Waals surface area contributed by atoms with Crippen molar-refractivity contribution in [1.29, 1.82) is 0 Å². The lowest BCUT2D eigenvalue weighted by atomic mass is 10.1. The van der Waals surface area contributed by atoms with Crippen LogP contribution in [-0.2, 0) is 11.3 Å². The van der Waals surface area contributed by atoms with Crippen LogP contribution in [0.4, 0.5) is 0 Å². The van der Waals surface area contributed by atoms with Gasteiger partial charge in [0.15, 0.2) is 0 Å². The normalized spacial score (nSPS) is 18.4. The Bertz CT molecular complexity index is 436. The van der Waals surface area contributed by atoms with E-state index in [9.17, 15) is 0 Å². The summed E-state index contributed by atoms with van der Waals surface area (Å²) in [7, 11) is 3.46. The Morgan fingerprint density at radius 2 is 2.24 bits per heavy atom. The third-order valence-corrected chi connectivity index (χ3v) is 4.67. The lowest BCUT2D eigenvalue weighted by molar-refractivity contribution is 0.138. The summed E-state index contributed by atoms with van der Waals surface area (Å²) in [6.45, 7) is 4.81. The van der Waals surface area contributed by atoms with Crippen molar-refractivity contribution >= 4 is 15.9 Å². The van der Waals surface area contributed by atoms with E-state index in [1.807, 2.05) is 6.07 Å². The number of hydrogen-bond donors (Lipinski definition) is 1. The molecule has 21 heavy (non-hydrogen) atoms. The largest absolute Gasteiger partial charge is 0.497 e. The van der Waals surface area contributed by atoms with Crippen LogP contribution in [0.5, 0.6) is 5.75 Å². The first-order valence-electron chi connectivity index (χ1n) is 7.50. The van der Waals surface area contributed by atoms with E-state index in [2.05, 4.69) is 38.3 Å². The molecular formula is C16H25BrN2O2. The molecular weight excluding hydrogens is 332 g/mol. The molecule has 1 atom stereocenters. The molecule has 4 nitrogen and oxygen atoms in total. The minimum atomic E-state index is 0.603. The second kappa shape index (κ2) is 8.73. The molecule has 1 saturated heterocycles. The zero-order valence-electron chi connectivity index (χ0n) is 12.9. The number of halogens is 1. The molecule has 0 aromatic heterocycles. The van der Waals surface area contributed by atoms with Gasteiger partial charge in [-0.25, -0.2) is 0 Å². The molecule has 5 heteroatoms. The van der Waals surface area contributed by atoms with Gasteiger partial charge in [0.1, 0.15) is 5.75 Å². The first-order chi connectivity index (χ1) is 10.2. The maximum absolute atomic E-state index is 5.33. The van der Waals surface area contributed by atoms with Gasteiger partial charge >= 0.3 is 0 Å². The summed E-state index contributed by atoms with van der Waals surface area (Å²) in [5.41, 5.74) is 1.25. The molecule has 1 heterocycles. The van der Waals surface area contributed by atoms with Crippen LogP contribution >= 0.6 is 15.9 Å². The van der Waals surface area contributed by atoms with Gasteiger partial charge in [-0.15, -0.1) is 0 Å². The maximum atomic E-state index is 5.33. The highest BCUT2D eigenvalue weighted by molar-refractivity contribution is 9.10. The van der Waals surface area contributed by atoms with E-state index in [1.165, 1.54) is 18.4 Å². The number of methoxy groups -OCH3 is 2. The van der Waals surface area contributed by atoms with E-state index in [-0.39, 0.29) is 0 Å². The molecule has 0 amide bonds. The van der Waals surface area contributed by atoms with Crippen LogP contribution in [-0.4, -0.2) is 51.4 Å². The second-order valence-electron chi connectivity index (χ2n) is 5.48. The Kier molecular flexibility index (Phi) is 6.96. The SMILES string of the molecule is COCCN(Cc1cc(OC)ccc1Br)CC1CCCN1. The van der Waals surface area contributed by atoms with Crippen LogP contribution in [0.3, 0.4) is 0 Å². The van der Waals surface area contributed by atoms with Crippen LogP contribution in [0.25, 0.3) is 0 Å². The molecule has 0 saturated carbocycles. The van der Waals surface area contributed by atoms with Crippen LogP contribution < -0.4 is 10.1 Å². The quantitative estimate of drug-likeness (QED) is 0.776. The van der Waals surface area contributed by atoms with Gasteiger partial charge in [-0.05, 0) is 43.1 Å². The van der Waals surface area contributed by atoms with Crippen molar-refractivity contribution in [3.8, 4) is 5.75 Å². The Hall–Kier alpha value is -0.620. The summed E-state index contributed by atoms with van der Waals surface area (Å²) in [6, 6.07) is 6.74. The average molecular weight is 357 g/mol. The summed E-state index contributed by atoms with van der Waals surface area (Å²) in [4.78, 5) is 2.45. The predicted octanol–water partition coefficient (Wildman–Crippen LogP) is 2.66. The van der Waals surface area contributed by atoms with Crippen molar-refractivity contribution in [1.82, 2.24) is 10.2 Å². The van der Waals surface area contributed by atoms with E-state index in [0.29, 0.717) is 6.04 Å². The third-order valence-electron chi connectivity index (χ3n) is 3.90. The van der Waals surface area contributed by atoms with Crippen molar-refractivity contribution in [2.24, 2.45) is 0 Å². The van der Waals surface area contributed by atoms with Gasteiger partial charge in [0.05, 0.1) is 13.7 Å². The first-order valence-corrected chi connectivity index (χ1v) is 8.29. The molecule has 1 unspecified atom stereocenters. The summed E-state index contributed by atoms with van der Waals surface area (Å²) in [5.74, 6) is 0.902. The molecule has 0 bridgehead atoms. The fourth-order valence-corrected chi connectivity index (χ4v) is 3.09. The lowest BCUT2D eigenvalue weighted by Gasteiger charge is -2.26. The van der Waals surface area contributed by atoms with Gasteiger partial charge in [-0.2, -0.15) is 0 Å². The molecule has 1 aromatic carbocycles. The van der Waals surface area contributed by atoms with Crippen LogP contribution in [0, 0.1) is 0 Å². The number of hydrogen-bond acceptors (Lipinski definition) is 4. The van der Waals surface area contributed by atoms with Crippen molar-refractivity contribution in [2.75, 3.05) is 40.5 Å². The lowest BCUT2D eigenvalue weighted by Crippen LogP contribution is -2.38. The van der Waals surface area contributed by atoms with Crippen molar-refractivity contribution in [2.45, 2.75) is 25.4 Å². The zero-order valence-corrected chi connectivity index (χ0v) is 14.5. The van der Waals surface area contributed by atoms with E-state index in [4.69, 9.17) is 9.47 Å². The Morgan fingerprint density at radius 3 is 2.90 bits per heavy atom. The molecule has 1 aliphatic heterocycles. The fourth-order valence-electron chi connectivity index (χ4n) is 2.72. The summed E-state index contributed by atoms with van der Waals surface area (Å²) in [6.07, 6.45) is 2.55. The molecule has 1 N–H and O–H groups in total. The molecule has 2 rings (SSSR count). The minimum Gasteiger partial charge on any atom is -0.497 e. The van der Waals surface area contributed by atoms with E-state index in [1.54, 1.807) is 14.2 Å². The highest BCUT2D eigenvalue weighted by atomic mass is 79.9. The minimum absolute atomic E-state index is 0.603. The second-order valence-corrected chi connectivity index (χ2v) is 6.33. The topological polar surface area (TPSA) is 33.7 Å². The van der Waals surface area contributed by atoms with Gasteiger partial charge < -0.3 is 14.8 Å². The number of rotatable bonds is 8. The molecule has 1 aliphatic rings. The van der Waals surface area contributed by atoms with Crippen LogP contribution in [0.15, 0.2) is 22.7 Å². The molecule has 0 aliphatic carbocycles. The molecule has 1 aromatic rings. The van der Waals surface area contributed by atoms with E-state index < -0.39 is 0 Å². The van der Waals surface area contributed by atoms with E-state index in [0.717, 1.165) is 43.0 Å². The summed E-state index contributed by atoms with van der Waals surface area (Å²) in [5, 5.41) is 3.57. The number of ether oxygens (including phenoxy) is 2. The van der Waals surface area contributed by atoms with Gasteiger partial charge in [0.2, 0.25) is 0 Å². The average Bonchev–Trinajstić information content (AvgIpc) is 3.00. The van der Waals surface area contributed by atoms with Crippen molar-refractivity contribution in [3.05, 3.63) is 28.2 Å². The molecule has 0 radical (unpaired) electrons. The van der Waals surface area contributed by atoms with E-state index >= 15 is 0 Å².